The highest BCUT2D eigenvalue weighted by Gasteiger charge is 2.35. The number of rotatable bonds is 3. The summed E-state index contributed by atoms with van der Waals surface area (Å²) in [5.74, 6) is 0. The molecule has 96 valence electrons. The number of nitrogens with zero attached hydrogens (tertiary/aromatic N) is 1. The number of thiophene rings is 1. The van der Waals surface area contributed by atoms with E-state index in [2.05, 4.69) is 35.2 Å². The van der Waals surface area contributed by atoms with Gasteiger partial charge in [-0.15, -0.1) is 11.3 Å². The van der Waals surface area contributed by atoms with Crippen molar-refractivity contribution in [2.75, 3.05) is 19.7 Å². The molecule has 18 heavy (non-hydrogen) atoms. The number of hydrogen-bond donors (Lipinski definition) is 2. The number of aliphatic hydroxyl groups excluding tert-OH is 1. The smallest absolute Gasteiger partial charge is 0.102 e. The van der Waals surface area contributed by atoms with Crippen LogP contribution in [0.25, 0.3) is 10.1 Å². The molecule has 1 aromatic carbocycles. The normalized spacial score (nSPS) is 25.0. The molecule has 1 aromatic heterocycles. The van der Waals surface area contributed by atoms with Gasteiger partial charge in [0.1, 0.15) is 5.60 Å². The van der Waals surface area contributed by atoms with Crippen molar-refractivity contribution in [3.8, 4) is 0 Å². The van der Waals surface area contributed by atoms with E-state index in [-0.39, 0.29) is 6.61 Å². The molecule has 0 amide bonds. The van der Waals surface area contributed by atoms with Gasteiger partial charge in [-0.05, 0) is 23.9 Å². The molecule has 1 atom stereocenters. The third-order valence-electron chi connectivity index (χ3n) is 3.56. The monoisotopic (exact) mass is 263 g/mol. The van der Waals surface area contributed by atoms with Gasteiger partial charge in [-0.25, -0.2) is 0 Å². The number of fused-ring (bicyclic) bond motifs is 1. The molecule has 1 aliphatic rings. The molecule has 2 aromatic rings. The molecule has 0 saturated carbocycles. The SMILES string of the molecule is OC[C@@]1(O)CCN(Cc2cc3ccccc3s2)C1. The Bertz CT molecular complexity index is 520. The third kappa shape index (κ3) is 2.29. The van der Waals surface area contributed by atoms with Crippen LogP contribution in [-0.4, -0.2) is 40.4 Å². The Balaban J connectivity index is 1.73. The fourth-order valence-corrected chi connectivity index (χ4v) is 3.65. The van der Waals surface area contributed by atoms with Crippen molar-refractivity contribution in [2.45, 2.75) is 18.6 Å². The highest BCUT2D eigenvalue weighted by atomic mass is 32.1. The number of aliphatic hydroxyl groups is 2. The summed E-state index contributed by atoms with van der Waals surface area (Å²) < 4.78 is 1.31. The lowest BCUT2D eigenvalue weighted by Gasteiger charge is -2.20. The van der Waals surface area contributed by atoms with E-state index < -0.39 is 5.60 Å². The van der Waals surface area contributed by atoms with E-state index in [0.29, 0.717) is 13.0 Å². The van der Waals surface area contributed by atoms with Crippen LogP contribution in [0.1, 0.15) is 11.3 Å². The Morgan fingerprint density at radius 2 is 2.17 bits per heavy atom. The van der Waals surface area contributed by atoms with Gasteiger partial charge in [0, 0.05) is 29.2 Å². The quantitative estimate of drug-likeness (QED) is 0.888. The number of hydrogen-bond acceptors (Lipinski definition) is 4. The second kappa shape index (κ2) is 4.63. The average Bonchev–Trinajstić information content (AvgIpc) is 2.93. The van der Waals surface area contributed by atoms with Crippen LogP contribution < -0.4 is 0 Å². The van der Waals surface area contributed by atoms with Gasteiger partial charge >= 0.3 is 0 Å². The average molecular weight is 263 g/mol. The Morgan fingerprint density at radius 3 is 2.89 bits per heavy atom. The van der Waals surface area contributed by atoms with Crippen molar-refractivity contribution in [1.82, 2.24) is 4.90 Å². The van der Waals surface area contributed by atoms with Gasteiger partial charge in [-0.3, -0.25) is 4.90 Å². The fraction of sp³-hybridized carbons (Fsp3) is 0.429. The first-order valence-electron chi connectivity index (χ1n) is 6.22. The fourth-order valence-electron chi connectivity index (χ4n) is 2.54. The van der Waals surface area contributed by atoms with Crippen molar-refractivity contribution in [3.05, 3.63) is 35.2 Å². The lowest BCUT2D eigenvalue weighted by Crippen LogP contribution is -2.36. The van der Waals surface area contributed by atoms with E-state index in [9.17, 15) is 5.11 Å². The number of likely N-dealkylation sites (tertiary alicyclic amines) is 1. The molecule has 3 rings (SSSR count). The molecule has 4 heteroatoms. The van der Waals surface area contributed by atoms with Crippen molar-refractivity contribution in [1.29, 1.82) is 0 Å². The molecule has 2 heterocycles. The molecule has 2 N–H and O–H groups in total. The number of benzene rings is 1. The van der Waals surface area contributed by atoms with Crippen molar-refractivity contribution < 1.29 is 10.2 Å². The van der Waals surface area contributed by atoms with Crippen LogP contribution in [0.15, 0.2) is 30.3 Å². The molecule has 0 bridgehead atoms. The van der Waals surface area contributed by atoms with Gasteiger partial charge in [-0.1, -0.05) is 18.2 Å². The Hall–Kier alpha value is -0.940. The summed E-state index contributed by atoms with van der Waals surface area (Å²) >= 11 is 1.81. The van der Waals surface area contributed by atoms with Crippen LogP contribution in [0.5, 0.6) is 0 Å². The molecule has 1 saturated heterocycles. The van der Waals surface area contributed by atoms with E-state index in [0.717, 1.165) is 13.1 Å². The molecule has 1 aliphatic heterocycles. The lowest BCUT2D eigenvalue weighted by atomic mass is 10.1. The van der Waals surface area contributed by atoms with Crippen molar-refractivity contribution >= 4 is 21.4 Å². The Morgan fingerprint density at radius 1 is 1.33 bits per heavy atom. The van der Waals surface area contributed by atoms with Gasteiger partial charge < -0.3 is 10.2 Å². The zero-order valence-electron chi connectivity index (χ0n) is 10.2. The standard InChI is InChI=1S/C14H17NO2S/c16-10-14(17)5-6-15(9-14)8-12-7-11-3-1-2-4-13(11)18-12/h1-4,7,16-17H,5-6,8-10H2/t14-/m1/s1. The predicted molar refractivity (Wildman–Crippen MR) is 73.8 cm³/mol. The van der Waals surface area contributed by atoms with E-state index in [1.165, 1.54) is 15.0 Å². The minimum Gasteiger partial charge on any atom is -0.393 e. The predicted octanol–water partition coefficient (Wildman–Crippen LogP) is 1.83. The largest absolute Gasteiger partial charge is 0.393 e. The maximum Gasteiger partial charge on any atom is 0.102 e. The molecule has 0 aliphatic carbocycles. The summed E-state index contributed by atoms with van der Waals surface area (Å²) in [6, 6.07) is 10.6. The van der Waals surface area contributed by atoms with E-state index in [1.54, 1.807) is 11.3 Å². The highest BCUT2D eigenvalue weighted by Crippen LogP contribution is 2.28. The van der Waals surface area contributed by atoms with Crippen LogP contribution >= 0.6 is 11.3 Å². The zero-order chi connectivity index (χ0) is 12.6. The molecule has 3 nitrogen and oxygen atoms in total. The van der Waals surface area contributed by atoms with Crippen molar-refractivity contribution in [2.24, 2.45) is 0 Å². The Labute approximate surface area is 110 Å². The molecule has 0 spiro atoms. The van der Waals surface area contributed by atoms with Crippen LogP contribution in [0.3, 0.4) is 0 Å². The number of β-amino-alcohol motifs (C(OH)–C–C–N with tert-alkyl or cyclic N) is 1. The van der Waals surface area contributed by atoms with Crippen molar-refractivity contribution in [3.63, 3.8) is 0 Å². The lowest BCUT2D eigenvalue weighted by molar-refractivity contribution is -0.00574. The second-order valence-corrected chi connectivity index (χ2v) is 6.26. The first-order valence-corrected chi connectivity index (χ1v) is 7.03. The van der Waals surface area contributed by atoms with Crippen LogP contribution in [0, 0.1) is 0 Å². The maximum absolute atomic E-state index is 10.00. The summed E-state index contributed by atoms with van der Waals surface area (Å²) in [5, 5.41) is 20.4. The highest BCUT2D eigenvalue weighted by molar-refractivity contribution is 7.19. The summed E-state index contributed by atoms with van der Waals surface area (Å²) in [7, 11) is 0. The van der Waals surface area contributed by atoms with Gasteiger partial charge in [0.2, 0.25) is 0 Å². The Kier molecular flexibility index (Phi) is 3.11. The zero-order valence-corrected chi connectivity index (χ0v) is 11.0. The minimum atomic E-state index is -0.892. The topological polar surface area (TPSA) is 43.7 Å². The van der Waals surface area contributed by atoms with Crippen LogP contribution in [0.2, 0.25) is 0 Å². The first kappa shape index (κ1) is 12.1. The molecule has 1 fully saturated rings. The maximum atomic E-state index is 10.00. The van der Waals surface area contributed by atoms with E-state index in [1.807, 2.05) is 0 Å². The minimum absolute atomic E-state index is 0.143. The molecular formula is C14H17NO2S. The first-order chi connectivity index (χ1) is 8.68. The summed E-state index contributed by atoms with van der Waals surface area (Å²) in [6.07, 6.45) is 0.661. The van der Waals surface area contributed by atoms with E-state index >= 15 is 0 Å². The summed E-state index contributed by atoms with van der Waals surface area (Å²) in [5.41, 5.74) is -0.892. The van der Waals surface area contributed by atoms with Gasteiger partial charge in [-0.2, -0.15) is 0 Å². The van der Waals surface area contributed by atoms with E-state index in [4.69, 9.17) is 5.11 Å². The van der Waals surface area contributed by atoms with Crippen LogP contribution in [-0.2, 0) is 6.54 Å². The molecule has 0 radical (unpaired) electrons. The van der Waals surface area contributed by atoms with Gasteiger partial charge in [0.15, 0.2) is 0 Å². The summed E-state index contributed by atoms with van der Waals surface area (Å²) in [6.45, 7) is 2.14. The van der Waals surface area contributed by atoms with Gasteiger partial charge in [0.25, 0.3) is 0 Å². The summed E-state index contributed by atoms with van der Waals surface area (Å²) in [4.78, 5) is 3.53. The molecule has 0 unspecified atom stereocenters. The second-order valence-electron chi connectivity index (χ2n) is 5.09. The third-order valence-corrected chi connectivity index (χ3v) is 4.66. The van der Waals surface area contributed by atoms with Gasteiger partial charge in [0.05, 0.1) is 6.61 Å². The molecular weight excluding hydrogens is 246 g/mol. The van der Waals surface area contributed by atoms with Crippen LogP contribution in [0.4, 0.5) is 0 Å².